The molecule has 0 bridgehead atoms. The largest absolute Gasteiger partial charge is 0.495 e. The molecule has 1 amide bonds. The Bertz CT molecular complexity index is 568. The van der Waals surface area contributed by atoms with Crippen LogP contribution in [0.25, 0.3) is 0 Å². The molecule has 1 aliphatic carbocycles. The Hall–Kier alpha value is -2.04. The van der Waals surface area contributed by atoms with E-state index in [9.17, 15) is 14.7 Å². The molecule has 5 nitrogen and oxygen atoms in total. The van der Waals surface area contributed by atoms with Gasteiger partial charge in [0.15, 0.2) is 0 Å². The molecule has 1 aliphatic rings. The molecule has 0 heterocycles. The predicted octanol–water partition coefficient (Wildman–Crippen LogP) is 2.95. The zero-order valence-electron chi connectivity index (χ0n) is 13.3. The fourth-order valence-corrected chi connectivity index (χ4v) is 3.32. The summed E-state index contributed by atoms with van der Waals surface area (Å²) in [5.74, 6) is -0.269. The van der Waals surface area contributed by atoms with E-state index in [-0.39, 0.29) is 28.8 Å². The number of amides is 1. The highest BCUT2D eigenvalue weighted by atomic mass is 16.5. The van der Waals surface area contributed by atoms with Crippen LogP contribution in [-0.4, -0.2) is 30.1 Å². The maximum Gasteiger partial charge on any atom is 0.339 e. The Labute approximate surface area is 130 Å². The topological polar surface area (TPSA) is 75.6 Å². The van der Waals surface area contributed by atoms with E-state index in [1.165, 1.54) is 13.2 Å². The predicted molar refractivity (Wildman–Crippen MR) is 83.4 cm³/mol. The molecular weight excluding hydrogens is 282 g/mol. The van der Waals surface area contributed by atoms with Crippen LogP contribution < -0.4 is 10.1 Å². The molecule has 1 saturated carbocycles. The lowest BCUT2D eigenvalue weighted by Crippen LogP contribution is -2.39. The van der Waals surface area contributed by atoms with Crippen molar-refractivity contribution in [2.24, 2.45) is 11.8 Å². The quantitative estimate of drug-likeness (QED) is 0.877. The van der Waals surface area contributed by atoms with Gasteiger partial charge in [-0.3, -0.25) is 4.79 Å². The molecule has 0 radical (unpaired) electrons. The van der Waals surface area contributed by atoms with Gasteiger partial charge in [-0.1, -0.05) is 26.3 Å². The van der Waals surface area contributed by atoms with Crippen LogP contribution in [0.2, 0.25) is 0 Å². The van der Waals surface area contributed by atoms with Crippen LogP contribution in [0.15, 0.2) is 18.2 Å². The van der Waals surface area contributed by atoms with E-state index < -0.39 is 5.97 Å². The molecule has 120 valence electrons. The molecule has 1 aromatic carbocycles. The maximum absolute atomic E-state index is 12.5. The Morgan fingerprint density at radius 3 is 2.55 bits per heavy atom. The highest BCUT2D eigenvalue weighted by Gasteiger charge is 2.31. The number of nitrogens with one attached hydrogen (secondary N) is 1. The van der Waals surface area contributed by atoms with Gasteiger partial charge in [-0.25, -0.2) is 4.79 Å². The van der Waals surface area contributed by atoms with Gasteiger partial charge in [-0.2, -0.15) is 0 Å². The standard InChI is InChI=1S/C17H23NO4/c1-10(2)11-6-5-9-14(11)18-16(19)12-7-4-8-13(17(20)21)15(12)22-3/h4,7-8,10-11,14H,5-6,9H2,1-3H3,(H,18,19)(H,20,21)/t11-,14+/m0/s1. The molecule has 1 aromatic rings. The minimum atomic E-state index is -1.10. The summed E-state index contributed by atoms with van der Waals surface area (Å²) in [4.78, 5) is 23.8. The van der Waals surface area contributed by atoms with E-state index in [4.69, 9.17) is 4.74 Å². The minimum Gasteiger partial charge on any atom is -0.495 e. The van der Waals surface area contributed by atoms with Crippen LogP contribution in [0, 0.1) is 11.8 Å². The van der Waals surface area contributed by atoms with E-state index in [1.807, 2.05) is 0 Å². The van der Waals surface area contributed by atoms with Crippen molar-refractivity contribution in [1.29, 1.82) is 0 Å². The first-order chi connectivity index (χ1) is 10.5. The second-order valence-electron chi connectivity index (χ2n) is 6.11. The van der Waals surface area contributed by atoms with Gasteiger partial charge in [0.2, 0.25) is 0 Å². The molecule has 22 heavy (non-hydrogen) atoms. The number of ether oxygens (including phenoxy) is 1. The summed E-state index contributed by atoms with van der Waals surface area (Å²) >= 11 is 0. The van der Waals surface area contributed by atoms with Gasteiger partial charge in [-0.15, -0.1) is 0 Å². The fourth-order valence-electron chi connectivity index (χ4n) is 3.32. The third kappa shape index (κ3) is 3.24. The van der Waals surface area contributed by atoms with Gasteiger partial charge >= 0.3 is 5.97 Å². The van der Waals surface area contributed by atoms with Gasteiger partial charge in [0.25, 0.3) is 5.91 Å². The van der Waals surface area contributed by atoms with Crippen molar-refractivity contribution in [2.45, 2.75) is 39.2 Å². The van der Waals surface area contributed by atoms with E-state index in [1.54, 1.807) is 12.1 Å². The number of carboxylic acids is 1. The van der Waals surface area contributed by atoms with Crippen LogP contribution in [0.4, 0.5) is 0 Å². The third-order valence-electron chi connectivity index (χ3n) is 4.44. The zero-order valence-corrected chi connectivity index (χ0v) is 13.3. The summed E-state index contributed by atoms with van der Waals surface area (Å²) < 4.78 is 5.16. The Morgan fingerprint density at radius 2 is 1.95 bits per heavy atom. The summed E-state index contributed by atoms with van der Waals surface area (Å²) in [6.45, 7) is 4.33. The van der Waals surface area contributed by atoms with Gasteiger partial charge < -0.3 is 15.2 Å². The normalized spacial score (nSPS) is 20.9. The molecule has 0 aromatic heterocycles. The summed E-state index contributed by atoms with van der Waals surface area (Å²) in [5.41, 5.74) is 0.277. The smallest absolute Gasteiger partial charge is 0.339 e. The average molecular weight is 305 g/mol. The Balaban J connectivity index is 2.23. The molecule has 2 N–H and O–H groups in total. The van der Waals surface area contributed by atoms with E-state index >= 15 is 0 Å². The summed E-state index contributed by atoms with van der Waals surface area (Å²) in [6.07, 6.45) is 3.20. The minimum absolute atomic E-state index is 0.00183. The van der Waals surface area contributed by atoms with Crippen molar-refractivity contribution < 1.29 is 19.4 Å². The highest BCUT2D eigenvalue weighted by Crippen LogP contribution is 2.32. The van der Waals surface area contributed by atoms with Gasteiger partial charge in [0.05, 0.1) is 12.7 Å². The Morgan fingerprint density at radius 1 is 1.27 bits per heavy atom. The van der Waals surface area contributed by atoms with Crippen LogP contribution in [-0.2, 0) is 0 Å². The van der Waals surface area contributed by atoms with Crippen LogP contribution in [0.1, 0.15) is 53.8 Å². The average Bonchev–Trinajstić information content (AvgIpc) is 2.94. The number of para-hydroxylation sites is 1. The van der Waals surface area contributed by atoms with Crippen LogP contribution >= 0.6 is 0 Å². The summed E-state index contributed by atoms with van der Waals surface area (Å²) in [6, 6.07) is 4.74. The van der Waals surface area contributed by atoms with Crippen LogP contribution in [0.5, 0.6) is 5.75 Å². The lowest BCUT2D eigenvalue weighted by atomic mass is 9.91. The second-order valence-corrected chi connectivity index (χ2v) is 6.11. The molecule has 0 unspecified atom stereocenters. The number of carboxylic acid groups (broad SMARTS) is 1. The molecule has 0 spiro atoms. The van der Waals surface area contributed by atoms with E-state index in [0.717, 1.165) is 19.3 Å². The molecule has 2 rings (SSSR count). The zero-order chi connectivity index (χ0) is 16.3. The van der Waals surface area contributed by atoms with Crippen molar-refractivity contribution in [3.63, 3.8) is 0 Å². The summed E-state index contributed by atoms with van der Waals surface area (Å²) in [7, 11) is 1.38. The number of hydrogen-bond donors (Lipinski definition) is 2. The number of carbonyl (C=O) groups is 2. The van der Waals surface area contributed by atoms with E-state index in [0.29, 0.717) is 11.8 Å². The molecule has 1 fully saturated rings. The van der Waals surface area contributed by atoms with Gasteiger partial charge in [-0.05, 0) is 36.8 Å². The number of aromatic carboxylic acids is 1. The molecule has 0 aliphatic heterocycles. The first kappa shape index (κ1) is 16.3. The monoisotopic (exact) mass is 305 g/mol. The maximum atomic E-state index is 12.5. The number of hydrogen-bond acceptors (Lipinski definition) is 3. The summed E-state index contributed by atoms with van der Waals surface area (Å²) in [5, 5.41) is 12.2. The lowest BCUT2D eigenvalue weighted by Gasteiger charge is -2.24. The number of carbonyl (C=O) groups excluding carboxylic acids is 1. The molecule has 2 atom stereocenters. The van der Waals surface area contributed by atoms with Crippen molar-refractivity contribution in [2.75, 3.05) is 7.11 Å². The molecule has 0 saturated heterocycles. The number of benzene rings is 1. The second kappa shape index (κ2) is 6.81. The number of methoxy groups -OCH3 is 1. The first-order valence-corrected chi connectivity index (χ1v) is 7.66. The highest BCUT2D eigenvalue weighted by molar-refractivity contribution is 6.02. The fraction of sp³-hybridized carbons (Fsp3) is 0.529. The van der Waals surface area contributed by atoms with Gasteiger partial charge in [0.1, 0.15) is 11.3 Å². The third-order valence-corrected chi connectivity index (χ3v) is 4.44. The van der Waals surface area contributed by atoms with Crippen molar-refractivity contribution >= 4 is 11.9 Å². The van der Waals surface area contributed by atoms with Crippen LogP contribution in [0.3, 0.4) is 0 Å². The van der Waals surface area contributed by atoms with Crippen molar-refractivity contribution in [3.8, 4) is 5.75 Å². The molecular formula is C17H23NO4. The van der Waals surface area contributed by atoms with Crippen molar-refractivity contribution in [1.82, 2.24) is 5.32 Å². The van der Waals surface area contributed by atoms with E-state index in [2.05, 4.69) is 19.2 Å². The lowest BCUT2D eigenvalue weighted by molar-refractivity contribution is 0.0693. The molecule has 5 heteroatoms. The van der Waals surface area contributed by atoms with Gasteiger partial charge in [0, 0.05) is 6.04 Å². The first-order valence-electron chi connectivity index (χ1n) is 7.66. The van der Waals surface area contributed by atoms with Crippen molar-refractivity contribution in [3.05, 3.63) is 29.3 Å². The SMILES string of the molecule is COc1c(C(=O)O)cccc1C(=O)N[C@@H]1CCC[C@H]1C(C)C. The Kier molecular flexibility index (Phi) is 5.06. The number of rotatable bonds is 5.